The highest BCUT2D eigenvalue weighted by molar-refractivity contribution is 6.51. The molecule has 1 aromatic heterocycles. The van der Waals surface area contributed by atoms with Crippen LogP contribution in [0, 0.1) is 6.92 Å². The van der Waals surface area contributed by atoms with Crippen LogP contribution < -0.4 is 4.90 Å². The molecule has 1 aliphatic heterocycles. The largest absolute Gasteiger partial charge is 0.507 e. The van der Waals surface area contributed by atoms with Crippen molar-refractivity contribution in [2.24, 2.45) is 0 Å². The minimum absolute atomic E-state index is 0.0202. The topological polar surface area (TPSA) is 70.5 Å². The van der Waals surface area contributed by atoms with E-state index >= 15 is 0 Å². The van der Waals surface area contributed by atoms with Gasteiger partial charge in [0.2, 0.25) is 0 Å². The monoisotopic (exact) mass is 404 g/mol. The van der Waals surface area contributed by atoms with Crippen molar-refractivity contribution in [1.29, 1.82) is 0 Å². The van der Waals surface area contributed by atoms with Gasteiger partial charge in [-0.1, -0.05) is 53.6 Å². The van der Waals surface area contributed by atoms with Crippen LogP contribution in [0.2, 0.25) is 5.02 Å². The van der Waals surface area contributed by atoms with Crippen LogP contribution in [0.15, 0.2) is 78.6 Å². The Morgan fingerprint density at radius 1 is 1.07 bits per heavy atom. The average molecular weight is 405 g/mol. The number of ketones is 1. The third kappa shape index (κ3) is 3.41. The number of nitrogens with zero attached hydrogens (tertiary/aromatic N) is 2. The van der Waals surface area contributed by atoms with Crippen LogP contribution >= 0.6 is 11.6 Å². The highest BCUT2D eigenvalue weighted by Gasteiger charge is 2.47. The molecule has 1 atom stereocenters. The van der Waals surface area contributed by atoms with E-state index in [0.717, 1.165) is 5.56 Å². The zero-order valence-corrected chi connectivity index (χ0v) is 16.3. The van der Waals surface area contributed by atoms with Crippen molar-refractivity contribution < 1.29 is 14.7 Å². The number of carbonyl (C=O) groups is 2. The molecule has 2 heterocycles. The Balaban J connectivity index is 1.94. The fraction of sp³-hybridized carbons (Fsp3) is 0.0870. The number of aromatic nitrogens is 1. The Morgan fingerprint density at radius 3 is 2.48 bits per heavy atom. The summed E-state index contributed by atoms with van der Waals surface area (Å²) in [4.78, 5) is 31.4. The van der Waals surface area contributed by atoms with Crippen LogP contribution in [0.4, 0.5) is 5.69 Å². The first-order valence-electron chi connectivity index (χ1n) is 9.01. The summed E-state index contributed by atoms with van der Waals surface area (Å²) in [7, 11) is 0. The zero-order chi connectivity index (χ0) is 20.5. The molecule has 5 nitrogen and oxygen atoms in total. The first-order valence-corrected chi connectivity index (χ1v) is 9.38. The molecule has 4 rings (SSSR count). The van der Waals surface area contributed by atoms with Gasteiger partial charge in [-0.05, 0) is 36.8 Å². The minimum atomic E-state index is -0.816. The molecular weight excluding hydrogens is 388 g/mol. The number of benzene rings is 2. The molecular formula is C23H17ClN2O3. The smallest absolute Gasteiger partial charge is 0.300 e. The lowest BCUT2D eigenvalue weighted by Crippen LogP contribution is -2.29. The summed E-state index contributed by atoms with van der Waals surface area (Å²) in [6.07, 6.45) is 3.19. The van der Waals surface area contributed by atoms with Crippen molar-refractivity contribution in [3.05, 3.63) is 100 Å². The number of hydrogen-bond donors (Lipinski definition) is 1. The van der Waals surface area contributed by atoms with Gasteiger partial charge in [-0.25, -0.2) is 0 Å². The Morgan fingerprint density at radius 2 is 1.83 bits per heavy atom. The van der Waals surface area contributed by atoms with Crippen molar-refractivity contribution in [3.63, 3.8) is 0 Å². The number of hydrogen-bond acceptors (Lipinski definition) is 4. The summed E-state index contributed by atoms with van der Waals surface area (Å²) in [6.45, 7) is 1.93. The number of aliphatic hydroxyl groups is 1. The van der Waals surface area contributed by atoms with Crippen LogP contribution in [-0.4, -0.2) is 21.8 Å². The number of amides is 1. The number of halogens is 1. The zero-order valence-electron chi connectivity index (χ0n) is 15.5. The number of pyridine rings is 1. The molecule has 1 aliphatic rings. The van der Waals surface area contributed by atoms with Crippen molar-refractivity contribution in [1.82, 2.24) is 4.98 Å². The maximum Gasteiger partial charge on any atom is 0.300 e. The van der Waals surface area contributed by atoms with Gasteiger partial charge in [-0.2, -0.15) is 0 Å². The highest BCUT2D eigenvalue weighted by atomic mass is 35.5. The molecule has 29 heavy (non-hydrogen) atoms. The van der Waals surface area contributed by atoms with Crippen LogP contribution in [-0.2, 0) is 9.59 Å². The summed E-state index contributed by atoms with van der Waals surface area (Å²) in [5.74, 6) is -1.70. The van der Waals surface area contributed by atoms with Crippen LogP contribution in [0.5, 0.6) is 0 Å². The number of carbonyl (C=O) groups excluding carboxylic acids is 2. The maximum absolute atomic E-state index is 13.0. The number of aryl methyl sites for hydroxylation is 1. The minimum Gasteiger partial charge on any atom is -0.507 e. The van der Waals surface area contributed by atoms with E-state index in [4.69, 9.17) is 11.6 Å². The van der Waals surface area contributed by atoms with E-state index in [1.807, 2.05) is 19.1 Å². The molecule has 3 aromatic rings. The Hall–Kier alpha value is -3.44. The predicted octanol–water partition coefficient (Wildman–Crippen LogP) is 4.67. The first kappa shape index (κ1) is 18.9. The predicted molar refractivity (Wildman–Crippen MR) is 112 cm³/mol. The molecule has 0 saturated carbocycles. The average Bonchev–Trinajstić information content (AvgIpc) is 2.99. The van der Waals surface area contributed by atoms with E-state index in [1.54, 1.807) is 60.9 Å². The van der Waals surface area contributed by atoms with E-state index in [2.05, 4.69) is 4.98 Å². The normalized spacial score (nSPS) is 18.3. The summed E-state index contributed by atoms with van der Waals surface area (Å²) >= 11 is 6.11. The molecule has 0 aliphatic carbocycles. The van der Waals surface area contributed by atoms with Crippen molar-refractivity contribution in [2.75, 3.05) is 4.90 Å². The molecule has 0 radical (unpaired) electrons. The van der Waals surface area contributed by atoms with Gasteiger partial charge in [-0.15, -0.1) is 0 Å². The molecule has 1 amide bonds. The lowest BCUT2D eigenvalue weighted by Gasteiger charge is -2.25. The quantitative estimate of drug-likeness (QED) is 0.391. The Kier molecular flexibility index (Phi) is 4.91. The van der Waals surface area contributed by atoms with E-state index < -0.39 is 17.7 Å². The number of rotatable bonds is 3. The summed E-state index contributed by atoms with van der Waals surface area (Å²) in [5.41, 5.74) is 2.59. The molecule has 1 unspecified atom stereocenters. The maximum atomic E-state index is 13.0. The molecule has 0 bridgehead atoms. The molecule has 0 spiro atoms. The molecule has 6 heteroatoms. The number of aliphatic hydroxyl groups excluding tert-OH is 1. The van der Waals surface area contributed by atoms with Gasteiger partial charge in [-0.3, -0.25) is 19.5 Å². The first-order chi connectivity index (χ1) is 14.0. The lowest BCUT2D eigenvalue weighted by molar-refractivity contribution is -0.132. The molecule has 1 N–H and O–H groups in total. The van der Waals surface area contributed by atoms with Gasteiger partial charge in [0, 0.05) is 28.7 Å². The van der Waals surface area contributed by atoms with Gasteiger partial charge in [0.05, 0.1) is 11.6 Å². The van der Waals surface area contributed by atoms with Crippen molar-refractivity contribution in [2.45, 2.75) is 13.0 Å². The third-order valence-corrected chi connectivity index (χ3v) is 5.09. The van der Waals surface area contributed by atoms with Gasteiger partial charge in [0.25, 0.3) is 11.7 Å². The Bertz CT molecular complexity index is 1120. The second-order valence-corrected chi connectivity index (χ2v) is 7.24. The fourth-order valence-corrected chi connectivity index (χ4v) is 3.63. The molecule has 1 saturated heterocycles. The molecule has 144 valence electrons. The molecule has 1 fully saturated rings. The SMILES string of the molecule is Cc1ccc(/C(O)=C2\C(=O)C(=O)N(c3cccc(Cl)c3)C2c2cccnc2)cc1. The van der Waals surface area contributed by atoms with E-state index in [1.165, 1.54) is 4.90 Å². The number of Topliss-reactive ketones (excluding diaryl/α,β-unsaturated/α-hetero) is 1. The number of anilines is 1. The van der Waals surface area contributed by atoms with Gasteiger partial charge in [0.15, 0.2) is 0 Å². The second-order valence-electron chi connectivity index (χ2n) is 6.80. The van der Waals surface area contributed by atoms with Crippen LogP contribution in [0.3, 0.4) is 0 Å². The standard InChI is InChI=1S/C23H17ClN2O3/c1-14-7-9-15(10-8-14)21(27)19-20(16-4-3-11-25-13-16)26(23(29)22(19)28)18-6-2-5-17(24)12-18/h2-13,20,27H,1H3/b21-19+. The van der Waals surface area contributed by atoms with Crippen molar-refractivity contribution >= 4 is 34.7 Å². The van der Waals surface area contributed by atoms with Gasteiger partial charge < -0.3 is 5.11 Å². The second kappa shape index (κ2) is 7.53. The van der Waals surface area contributed by atoms with E-state index in [0.29, 0.717) is 21.8 Å². The Labute approximate surface area is 172 Å². The molecule has 2 aromatic carbocycles. The fourth-order valence-electron chi connectivity index (χ4n) is 3.44. The van der Waals surface area contributed by atoms with Gasteiger partial charge in [0.1, 0.15) is 5.76 Å². The van der Waals surface area contributed by atoms with Crippen LogP contribution in [0.1, 0.15) is 22.7 Å². The van der Waals surface area contributed by atoms with Crippen LogP contribution in [0.25, 0.3) is 5.76 Å². The summed E-state index contributed by atoms with van der Waals surface area (Å²) in [6, 6.07) is 16.5. The van der Waals surface area contributed by atoms with Crippen molar-refractivity contribution in [3.8, 4) is 0 Å². The summed E-state index contributed by atoms with van der Waals surface area (Å²) in [5, 5.41) is 11.4. The summed E-state index contributed by atoms with van der Waals surface area (Å²) < 4.78 is 0. The van der Waals surface area contributed by atoms with E-state index in [-0.39, 0.29) is 11.3 Å². The lowest BCUT2D eigenvalue weighted by atomic mass is 9.96. The third-order valence-electron chi connectivity index (χ3n) is 4.86. The van der Waals surface area contributed by atoms with Gasteiger partial charge >= 0.3 is 0 Å². The highest BCUT2D eigenvalue weighted by Crippen LogP contribution is 2.42. The van der Waals surface area contributed by atoms with E-state index in [9.17, 15) is 14.7 Å².